The van der Waals surface area contributed by atoms with Crippen molar-refractivity contribution in [1.82, 2.24) is 5.32 Å². The van der Waals surface area contributed by atoms with Gasteiger partial charge in [0.1, 0.15) is 6.04 Å². The first-order valence-corrected chi connectivity index (χ1v) is 8.07. The molecule has 1 N–H and O–H groups in total. The zero-order valence-corrected chi connectivity index (χ0v) is 12.8. The van der Waals surface area contributed by atoms with Crippen molar-refractivity contribution in [2.24, 2.45) is 0 Å². The van der Waals surface area contributed by atoms with Gasteiger partial charge in [-0.25, -0.2) is 8.42 Å². The Hall–Kier alpha value is -1.82. The van der Waals surface area contributed by atoms with Crippen molar-refractivity contribution in [3.8, 4) is 0 Å². The normalized spacial score (nSPS) is 12.6. The molecular weight excluding hydrogens is 276 g/mol. The van der Waals surface area contributed by atoms with Crippen LogP contribution < -0.4 is 9.62 Å². The number of benzene rings is 1. The molecule has 1 aromatic carbocycles. The minimum Gasteiger partial charge on any atom is -0.351 e. The summed E-state index contributed by atoms with van der Waals surface area (Å²) in [7, 11) is -3.55. The van der Waals surface area contributed by atoms with E-state index < -0.39 is 16.1 Å². The van der Waals surface area contributed by atoms with Gasteiger partial charge in [0.25, 0.3) is 0 Å². The summed E-state index contributed by atoms with van der Waals surface area (Å²) < 4.78 is 25.0. The fraction of sp³-hybridized carbons (Fsp3) is 0.357. The van der Waals surface area contributed by atoms with Gasteiger partial charge in [-0.1, -0.05) is 23.8 Å². The molecule has 1 rings (SSSR count). The van der Waals surface area contributed by atoms with Crippen LogP contribution in [0.25, 0.3) is 0 Å². The second kappa shape index (κ2) is 6.56. The summed E-state index contributed by atoms with van der Waals surface area (Å²) in [6, 6.07) is 6.16. The lowest BCUT2D eigenvalue weighted by atomic mass is 10.2. The van der Waals surface area contributed by atoms with Crippen LogP contribution in [0, 0.1) is 6.92 Å². The molecule has 1 atom stereocenters. The van der Waals surface area contributed by atoms with E-state index in [1.54, 1.807) is 25.1 Å². The van der Waals surface area contributed by atoms with Gasteiger partial charge in [-0.05, 0) is 26.0 Å². The molecule has 0 unspecified atom stereocenters. The molecule has 0 aliphatic heterocycles. The van der Waals surface area contributed by atoms with Crippen LogP contribution in [0.5, 0.6) is 0 Å². The van der Waals surface area contributed by atoms with Gasteiger partial charge in [-0.15, -0.1) is 6.58 Å². The van der Waals surface area contributed by atoms with E-state index in [4.69, 9.17) is 0 Å². The van der Waals surface area contributed by atoms with Crippen molar-refractivity contribution in [1.29, 1.82) is 0 Å². The number of carbonyl (C=O) groups is 1. The molecule has 6 heteroatoms. The molecule has 0 aliphatic rings. The Morgan fingerprint density at radius 2 is 1.95 bits per heavy atom. The van der Waals surface area contributed by atoms with Gasteiger partial charge in [-0.3, -0.25) is 9.10 Å². The fourth-order valence-corrected chi connectivity index (χ4v) is 3.00. The predicted octanol–water partition coefficient (Wildman–Crippen LogP) is 1.45. The van der Waals surface area contributed by atoms with Crippen molar-refractivity contribution in [2.45, 2.75) is 19.9 Å². The second-order valence-electron chi connectivity index (χ2n) is 4.60. The number of rotatable bonds is 6. The van der Waals surface area contributed by atoms with E-state index in [0.717, 1.165) is 16.1 Å². The molecule has 0 radical (unpaired) electrons. The highest BCUT2D eigenvalue weighted by Crippen LogP contribution is 2.21. The third-order valence-corrected chi connectivity index (χ3v) is 4.04. The lowest BCUT2D eigenvalue weighted by Crippen LogP contribution is -2.47. The van der Waals surface area contributed by atoms with Crippen molar-refractivity contribution in [3.63, 3.8) is 0 Å². The van der Waals surface area contributed by atoms with E-state index in [1.807, 2.05) is 19.1 Å². The first-order chi connectivity index (χ1) is 9.27. The molecule has 0 saturated heterocycles. The Balaban J connectivity index is 3.10. The maximum Gasteiger partial charge on any atom is 0.243 e. The SMILES string of the molecule is C=CCNC(=O)[C@@H](C)N(c1ccc(C)cc1)S(C)(=O)=O. The van der Waals surface area contributed by atoms with Crippen LogP contribution in [-0.2, 0) is 14.8 Å². The van der Waals surface area contributed by atoms with E-state index in [9.17, 15) is 13.2 Å². The molecule has 20 heavy (non-hydrogen) atoms. The number of hydrogen-bond acceptors (Lipinski definition) is 3. The average Bonchev–Trinajstić information content (AvgIpc) is 2.36. The number of nitrogens with one attached hydrogen (secondary N) is 1. The first kappa shape index (κ1) is 16.2. The van der Waals surface area contributed by atoms with Crippen LogP contribution in [0.2, 0.25) is 0 Å². The number of aryl methyl sites for hydroxylation is 1. The van der Waals surface area contributed by atoms with Crippen LogP contribution in [0.15, 0.2) is 36.9 Å². The van der Waals surface area contributed by atoms with Crippen molar-refractivity contribution in [3.05, 3.63) is 42.5 Å². The summed E-state index contributed by atoms with van der Waals surface area (Å²) in [6.45, 7) is 7.27. The van der Waals surface area contributed by atoms with Crippen LogP contribution >= 0.6 is 0 Å². The molecular formula is C14H20N2O3S. The molecule has 0 bridgehead atoms. The number of nitrogens with zero attached hydrogens (tertiary/aromatic N) is 1. The van der Waals surface area contributed by atoms with E-state index in [2.05, 4.69) is 11.9 Å². The minimum atomic E-state index is -3.55. The highest BCUT2D eigenvalue weighted by Gasteiger charge is 2.28. The molecule has 110 valence electrons. The quantitative estimate of drug-likeness (QED) is 0.808. The minimum absolute atomic E-state index is 0.300. The van der Waals surface area contributed by atoms with Crippen LogP contribution in [-0.4, -0.2) is 33.2 Å². The van der Waals surface area contributed by atoms with Crippen molar-refractivity contribution < 1.29 is 13.2 Å². The summed E-state index contributed by atoms with van der Waals surface area (Å²) >= 11 is 0. The maximum atomic E-state index is 12.0. The maximum absolute atomic E-state index is 12.0. The topological polar surface area (TPSA) is 66.5 Å². The smallest absolute Gasteiger partial charge is 0.243 e. The summed E-state index contributed by atoms with van der Waals surface area (Å²) in [4.78, 5) is 12.0. The standard InChI is InChI=1S/C14H20N2O3S/c1-5-10-15-14(17)12(3)16(20(4,18)19)13-8-6-11(2)7-9-13/h5-9,12H,1,10H2,2-4H3,(H,15,17)/t12-/m1/s1. The van der Waals surface area contributed by atoms with Crippen molar-refractivity contribution in [2.75, 3.05) is 17.1 Å². The third kappa shape index (κ3) is 4.09. The first-order valence-electron chi connectivity index (χ1n) is 6.22. The Labute approximate surface area is 120 Å². The third-order valence-electron chi connectivity index (χ3n) is 2.80. The Morgan fingerprint density at radius 3 is 2.40 bits per heavy atom. The van der Waals surface area contributed by atoms with Gasteiger partial charge in [0.05, 0.1) is 11.9 Å². The summed E-state index contributed by atoms with van der Waals surface area (Å²) in [5.41, 5.74) is 1.49. The molecule has 0 spiro atoms. The van der Waals surface area contributed by atoms with Gasteiger partial charge in [0.2, 0.25) is 15.9 Å². The molecule has 1 aromatic rings. The molecule has 0 aromatic heterocycles. The average molecular weight is 296 g/mol. The van der Waals surface area contributed by atoms with Gasteiger partial charge in [0.15, 0.2) is 0 Å². The van der Waals surface area contributed by atoms with E-state index in [1.165, 1.54) is 0 Å². The van der Waals surface area contributed by atoms with E-state index in [-0.39, 0.29) is 5.91 Å². The highest BCUT2D eigenvalue weighted by molar-refractivity contribution is 7.92. The fourth-order valence-electron chi connectivity index (χ4n) is 1.82. The van der Waals surface area contributed by atoms with Crippen LogP contribution in [0.4, 0.5) is 5.69 Å². The molecule has 0 saturated carbocycles. The molecule has 0 heterocycles. The lowest BCUT2D eigenvalue weighted by Gasteiger charge is -2.28. The number of amides is 1. The summed E-state index contributed by atoms with van der Waals surface area (Å²) in [5, 5.41) is 2.60. The Morgan fingerprint density at radius 1 is 1.40 bits per heavy atom. The van der Waals surface area contributed by atoms with Crippen LogP contribution in [0.3, 0.4) is 0 Å². The van der Waals surface area contributed by atoms with Gasteiger partial charge in [0, 0.05) is 6.54 Å². The van der Waals surface area contributed by atoms with Gasteiger partial charge in [-0.2, -0.15) is 0 Å². The van der Waals surface area contributed by atoms with Crippen molar-refractivity contribution >= 4 is 21.6 Å². The van der Waals surface area contributed by atoms with Crippen LogP contribution in [0.1, 0.15) is 12.5 Å². The second-order valence-corrected chi connectivity index (χ2v) is 6.46. The molecule has 5 nitrogen and oxygen atoms in total. The number of hydrogen-bond donors (Lipinski definition) is 1. The Kier molecular flexibility index (Phi) is 5.33. The monoisotopic (exact) mass is 296 g/mol. The molecule has 1 amide bonds. The Bertz CT molecular complexity index is 579. The van der Waals surface area contributed by atoms with E-state index in [0.29, 0.717) is 12.2 Å². The zero-order chi connectivity index (χ0) is 15.3. The van der Waals surface area contributed by atoms with E-state index >= 15 is 0 Å². The van der Waals surface area contributed by atoms with Gasteiger partial charge < -0.3 is 5.32 Å². The number of sulfonamides is 1. The predicted molar refractivity (Wildman–Crippen MR) is 81.2 cm³/mol. The highest BCUT2D eigenvalue weighted by atomic mass is 32.2. The number of carbonyl (C=O) groups excluding carboxylic acids is 1. The number of anilines is 1. The molecule has 0 fully saturated rings. The largest absolute Gasteiger partial charge is 0.351 e. The summed E-state index contributed by atoms with van der Waals surface area (Å²) in [6.07, 6.45) is 2.63. The van der Waals surface area contributed by atoms with Gasteiger partial charge >= 0.3 is 0 Å². The summed E-state index contributed by atoms with van der Waals surface area (Å²) in [5.74, 6) is -0.365. The zero-order valence-electron chi connectivity index (χ0n) is 12.0. The molecule has 0 aliphatic carbocycles. The lowest BCUT2D eigenvalue weighted by molar-refractivity contribution is -0.121.